The molecule has 0 amide bonds. The molecule has 39 heavy (non-hydrogen) atoms. The maximum absolute atomic E-state index is 11.6. The van der Waals surface area contributed by atoms with E-state index in [0.29, 0.717) is 19.5 Å². The van der Waals surface area contributed by atoms with Crippen molar-refractivity contribution in [2.75, 3.05) is 11.4 Å². The second-order valence-electron chi connectivity index (χ2n) is 9.88. The number of benzene rings is 2. The van der Waals surface area contributed by atoms with E-state index in [0.717, 1.165) is 40.0 Å². The van der Waals surface area contributed by atoms with Gasteiger partial charge in [-0.15, -0.1) is 11.8 Å². The lowest BCUT2D eigenvalue weighted by atomic mass is 9.74. The van der Waals surface area contributed by atoms with Gasteiger partial charge >= 0.3 is 11.9 Å². The van der Waals surface area contributed by atoms with E-state index in [4.69, 9.17) is 0 Å². The molecule has 1 aliphatic heterocycles. The first-order valence-corrected chi connectivity index (χ1v) is 13.3. The van der Waals surface area contributed by atoms with Gasteiger partial charge in [0.15, 0.2) is 6.54 Å². The third-order valence-corrected chi connectivity index (χ3v) is 7.50. The molecule has 1 aromatic heterocycles. The Morgan fingerprint density at radius 2 is 1.82 bits per heavy atom. The van der Waals surface area contributed by atoms with Gasteiger partial charge in [-0.05, 0) is 55.7 Å². The largest absolute Gasteiger partial charge is 0.481 e. The Balaban J connectivity index is 1.83. The summed E-state index contributed by atoms with van der Waals surface area (Å²) in [5.41, 5.74) is 5.87. The van der Waals surface area contributed by atoms with Gasteiger partial charge in [0.25, 0.3) is 0 Å². The average Bonchev–Trinajstić information content (AvgIpc) is 3.17. The van der Waals surface area contributed by atoms with Crippen LogP contribution in [-0.2, 0) is 21.5 Å². The lowest BCUT2D eigenvalue weighted by Gasteiger charge is -2.31. The van der Waals surface area contributed by atoms with Gasteiger partial charge in [0.1, 0.15) is 6.42 Å². The summed E-state index contributed by atoms with van der Waals surface area (Å²) in [6, 6.07) is 18.4. The first-order chi connectivity index (χ1) is 18.8. The molecular formula is C33H35N2O4+. The summed E-state index contributed by atoms with van der Waals surface area (Å²) in [4.78, 5) is 25.1. The van der Waals surface area contributed by atoms with Crippen molar-refractivity contribution in [2.24, 2.45) is 0 Å². The highest BCUT2D eigenvalue weighted by atomic mass is 16.4. The van der Waals surface area contributed by atoms with Gasteiger partial charge in [-0.1, -0.05) is 37.3 Å². The van der Waals surface area contributed by atoms with Gasteiger partial charge in [0.05, 0.1) is 6.42 Å². The number of carbonyl (C=O) groups is 2. The Labute approximate surface area is 229 Å². The molecule has 2 heterocycles. The maximum Gasteiger partial charge on any atom is 0.309 e. The second kappa shape index (κ2) is 12.0. The number of carboxylic acids is 2. The van der Waals surface area contributed by atoms with Crippen LogP contribution in [0.4, 0.5) is 5.69 Å². The standard InChI is InChI=1S/C33H34N2O4/c1-4-6-20-33(5-2)27-17-14-24(3)23-29(27)35(22-19-32(38)39)30(33)13-9-11-26-16-15-25-10-7-8-12-28(25)34(26)21-18-31(36)37/h7-17,23H,5,18-22H2,1-3H3,(H-,36,37,38,39)/p+1. The van der Waals surface area contributed by atoms with Crippen LogP contribution in [0.15, 0.2) is 72.4 Å². The third-order valence-electron chi connectivity index (χ3n) is 7.50. The molecule has 0 radical (unpaired) electrons. The highest BCUT2D eigenvalue weighted by Gasteiger charge is 2.45. The van der Waals surface area contributed by atoms with Crippen molar-refractivity contribution in [3.8, 4) is 11.8 Å². The summed E-state index contributed by atoms with van der Waals surface area (Å²) < 4.78 is 2.03. The van der Waals surface area contributed by atoms with E-state index in [1.54, 1.807) is 0 Å². The Morgan fingerprint density at radius 3 is 2.54 bits per heavy atom. The maximum atomic E-state index is 11.6. The lowest BCUT2D eigenvalue weighted by molar-refractivity contribution is -0.672. The van der Waals surface area contributed by atoms with Crippen molar-refractivity contribution in [1.82, 2.24) is 0 Å². The highest BCUT2D eigenvalue weighted by molar-refractivity contribution is 5.77. The van der Waals surface area contributed by atoms with E-state index in [9.17, 15) is 19.8 Å². The van der Waals surface area contributed by atoms with Gasteiger partial charge in [0, 0.05) is 53.4 Å². The lowest BCUT2D eigenvalue weighted by Crippen LogP contribution is -2.38. The fraction of sp³-hybridized carbons (Fsp3) is 0.303. The minimum absolute atomic E-state index is 0.0207. The van der Waals surface area contributed by atoms with Crippen LogP contribution in [-0.4, -0.2) is 28.7 Å². The number of nitrogens with zero attached hydrogens (tertiary/aromatic N) is 2. The zero-order valence-corrected chi connectivity index (χ0v) is 22.8. The van der Waals surface area contributed by atoms with Crippen molar-refractivity contribution < 1.29 is 24.4 Å². The minimum Gasteiger partial charge on any atom is -0.481 e. The number of aliphatic carboxylic acids is 2. The van der Waals surface area contributed by atoms with Crippen LogP contribution in [0.25, 0.3) is 17.0 Å². The number of carboxylic acid groups (broad SMARTS) is 2. The fourth-order valence-electron chi connectivity index (χ4n) is 5.53. The predicted molar refractivity (Wildman–Crippen MR) is 154 cm³/mol. The molecule has 3 aromatic rings. The smallest absolute Gasteiger partial charge is 0.309 e. The molecule has 6 nitrogen and oxygen atoms in total. The monoisotopic (exact) mass is 523 g/mol. The summed E-state index contributed by atoms with van der Waals surface area (Å²) in [5.74, 6) is 4.67. The van der Waals surface area contributed by atoms with Crippen molar-refractivity contribution in [3.63, 3.8) is 0 Å². The van der Waals surface area contributed by atoms with E-state index in [-0.39, 0.29) is 18.3 Å². The molecule has 200 valence electrons. The highest BCUT2D eigenvalue weighted by Crippen LogP contribution is 2.52. The minimum atomic E-state index is -0.842. The normalized spacial score (nSPS) is 17.4. The number of anilines is 1. The summed E-state index contributed by atoms with van der Waals surface area (Å²) >= 11 is 0. The Hall–Kier alpha value is -4.37. The molecule has 0 spiro atoms. The predicted octanol–water partition coefficient (Wildman–Crippen LogP) is 5.86. The number of allylic oxidation sites excluding steroid dienone is 3. The quantitative estimate of drug-likeness (QED) is 0.257. The number of aromatic nitrogens is 1. The molecule has 2 N–H and O–H groups in total. The van der Waals surface area contributed by atoms with Gasteiger partial charge in [-0.2, -0.15) is 4.57 Å². The molecule has 0 fully saturated rings. The van der Waals surface area contributed by atoms with Crippen LogP contribution in [0.2, 0.25) is 0 Å². The second-order valence-corrected chi connectivity index (χ2v) is 9.88. The molecule has 1 aliphatic rings. The summed E-state index contributed by atoms with van der Waals surface area (Å²) in [5, 5.41) is 19.9. The number of pyridine rings is 1. The zero-order chi connectivity index (χ0) is 28.0. The first-order valence-electron chi connectivity index (χ1n) is 13.3. The Bertz CT molecular complexity index is 1530. The third kappa shape index (κ3) is 5.73. The number of hydrogen-bond acceptors (Lipinski definition) is 3. The zero-order valence-electron chi connectivity index (χ0n) is 22.8. The van der Waals surface area contributed by atoms with Crippen LogP contribution >= 0.6 is 0 Å². The fourth-order valence-corrected chi connectivity index (χ4v) is 5.53. The van der Waals surface area contributed by atoms with E-state index >= 15 is 0 Å². The van der Waals surface area contributed by atoms with Crippen molar-refractivity contribution in [3.05, 3.63) is 89.3 Å². The molecule has 0 bridgehead atoms. The van der Waals surface area contributed by atoms with Crippen molar-refractivity contribution >= 4 is 34.6 Å². The van der Waals surface area contributed by atoms with Gasteiger partial charge in [-0.25, -0.2) is 0 Å². The summed E-state index contributed by atoms with van der Waals surface area (Å²) in [6.07, 6.45) is 7.56. The number of hydrogen-bond donors (Lipinski definition) is 2. The van der Waals surface area contributed by atoms with Crippen LogP contribution in [0.1, 0.15) is 56.4 Å². The molecule has 4 rings (SSSR count). The van der Waals surface area contributed by atoms with Gasteiger partial charge in [0.2, 0.25) is 11.2 Å². The number of para-hydroxylation sites is 1. The molecule has 6 heteroatoms. The van der Waals surface area contributed by atoms with Crippen LogP contribution in [0.5, 0.6) is 0 Å². The Morgan fingerprint density at radius 1 is 1.05 bits per heavy atom. The molecule has 0 aliphatic carbocycles. The molecule has 2 aromatic carbocycles. The molecule has 1 unspecified atom stereocenters. The number of aryl methyl sites for hydroxylation is 2. The SMILES string of the molecule is CC#CCC1(CC)C(=CC=Cc2ccc3ccccc3[n+]2CCC(=O)O)N(CCC(=O)O)c2cc(C)ccc21. The topological polar surface area (TPSA) is 81.7 Å². The van der Waals surface area contributed by atoms with Crippen molar-refractivity contribution in [2.45, 2.75) is 58.4 Å². The summed E-state index contributed by atoms with van der Waals surface area (Å²) in [6.45, 7) is 6.76. The Kier molecular flexibility index (Phi) is 8.51. The molecule has 1 atom stereocenters. The number of fused-ring (bicyclic) bond motifs is 2. The van der Waals surface area contributed by atoms with Crippen LogP contribution in [0, 0.1) is 18.8 Å². The molecule has 0 saturated carbocycles. The van der Waals surface area contributed by atoms with Crippen molar-refractivity contribution in [1.29, 1.82) is 0 Å². The van der Waals surface area contributed by atoms with E-state index in [1.807, 2.05) is 67.0 Å². The van der Waals surface area contributed by atoms with Gasteiger partial charge < -0.3 is 15.1 Å². The van der Waals surface area contributed by atoms with Gasteiger partial charge in [-0.3, -0.25) is 9.59 Å². The van der Waals surface area contributed by atoms with E-state index < -0.39 is 11.9 Å². The van der Waals surface area contributed by atoms with Crippen LogP contribution < -0.4 is 9.47 Å². The van der Waals surface area contributed by atoms with Crippen LogP contribution in [0.3, 0.4) is 0 Å². The number of rotatable bonds is 10. The molecule has 0 saturated heterocycles. The first kappa shape index (κ1) is 27.7. The summed E-state index contributed by atoms with van der Waals surface area (Å²) in [7, 11) is 0. The molecular weight excluding hydrogens is 488 g/mol. The van der Waals surface area contributed by atoms with E-state index in [2.05, 4.69) is 47.9 Å². The average molecular weight is 524 g/mol. The van der Waals surface area contributed by atoms with E-state index in [1.165, 1.54) is 5.56 Å².